The van der Waals surface area contributed by atoms with Gasteiger partial charge in [0.25, 0.3) is 5.91 Å². The number of amides is 4. The van der Waals surface area contributed by atoms with Crippen LogP contribution in [0.4, 0.5) is 13.6 Å². The van der Waals surface area contributed by atoms with Gasteiger partial charge in [-0.3, -0.25) is 19.2 Å². The van der Waals surface area contributed by atoms with E-state index < -0.39 is 59.2 Å². The molecule has 1 saturated heterocycles. The van der Waals surface area contributed by atoms with Crippen LogP contribution < -0.4 is 16.0 Å². The summed E-state index contributed by atoms with van der Waals surface area (Å²) in [5.41, 5.74) is 0.511. The number of carbonyl (C=O) groups excluding carboxylic acids is 5. The van der Waals surface area contributed by atoms with Gasteiger partial charge in [0.05, 0.1) is 6.04 Å². The average molecular weight is 643 g/mol. The standard InChI is InChI=1S/C34H44F2N4O6/c1-22(2)27(39-32(45)46-33(3,4)5)30(43)40-20-12-17-26(40)29(42)38-25(21-24-15-10-7-11-16-24)28(41)34(35,36)31(44)37-19-18-23-13-8-6-9-14-23/h6-11,13-16,22,25-27H,12,17-21H2,1-5H3,(H,37,44)(H,38,42)(H,39,45)/t25?,26-,27-/m0/s1. The lowest BCUT2D eigenvalue weighted by molar-refractivity contribution is -0.160. The highest BCUT2D eigenvalue weighted by Crippen LogP contribution is 2.23. The lowest BCUT2D eigenvalue weighted by Crippen LogP contribution is -2.59. The number of benzene rings is 2. The first kappa shape index (κ1) is 36.1. The van der Waals surface area contributed by atoms with E-state index in [1.54, 1.807) is 95.3 Å². The second-order valence-corrected chi connectivity index (χ2v) is 12.7. The number of halogens is 2. The maximum Gasteiger partial charge on any atom is 0.408 e. The number of Topliss-reactive ketones (excluding diaryl/α,β-unsaturated/α-hetero) is 1. The minimum atomic E-state index is -4.44. The van der Waals surface area contributed by atoms with Gasteiger partial charge in [-0.25, -0.2) is 4.79 Å². The van der Waals surface area contributed by atoms with Crippen LogP contribution in [0.3, 0.4) is 0 Å². The first-order chi connectivity index (χ1) is 21.6. The highest BCUT2D eigenvalue weighted by atomic mass is 19.3. The smallest absolute Gasteiger partial charge is 0.408 e. The number of ketones is 1. The van der Waals surface area contributed by atoms with E-state index in [1.165, 1.54) is 4.90 Å². The van der Waals surface area contributed by atoms with Crippen molar-refractivity contribution >= 4 is 29.6 Å². The zero-order chi connectivity index (χ0) is 34.1. The Hall–Kier alpha value is -4.35. The van der Waals surface area contributed by atoms with Crippen LogP contribution in [0, 0.1) is 5.92 Å². The lowest BCUT2D eigenvalue weighted by Gasteiger charge is -2.32. The molecular formula is C34H44F2N4O6. The van der Waals surface area contributed by atoms with Crippen LogP contribution in [0.25, 0.3) is 0 Å². The number of nitrogens with zero attached hydrogens (tertiary/aromatic N) is 1. The number of rotatable bonds is 13. The number of hydrogen-bond acceptors (Lipinski definition) is 6. The van der Waals surface area contributed by atoms with Gasteiger partial charge in [-0.1, -0.05) is 74.5 Å². The lowest BCUT2D eigenvalue weighted by atomic mass is 9.97. The van der Waals surface area contributed by atoms with Crippen molar-refractivity contribution < 1.29 is 37.5 Å². The van der Waals surface area contributed by atoms with Crippen LogP contribution in [0.15, 0.2) is 60.7 Å². The fraction of sp³-hybridized carbons (Fsp3) is 0.500. The Bertz CT molecular complexity index is 1360. The number of likely N-dealkylation sites (tertiary alicyclic amines) is 1. The van der Waals surface area contributed by atoms with Crippen molar-refractivity contribution in [2.45, 2.75) is 90.0 Å². The molecule has 0 bridgehead atoms. The molecule has 0 radical (unpaired) electrons. The van der Waals surface area contributed by atoms with Gasteiger partial charge >= 0.3 is 12.0 Å². The summed E-state index contributed by atoms with van der Waals surface area (Å²) in [5.74, 6) is -9.66. The van der Waals surface area contributed by atoms with E-state index in [1.807, 2.05) is 0 Å². The van der Waals surface area contributed by atoms with Crippen molar-refractivity contribution in [2.24, 2.45) is 5.92 Å². The van der Waals surface area contributed by atoms with Crippen LogP contribution >= 0.6 is 0 Å². The molecule has 0 aliphatic carbocycles. The largest absolute Gasteiger partial charge is 0.444 e. The summed E-state index contributed by atoms with van der Waals surface area (Å²) in [7, 11) is 0. The Morgan fingerprint density at radius 3 is 2.07 bits per heavy atom. The zero-order valence-corrected chi connectivity index (χ0v) is 27.0. The number of ether oxygens (including phenoxy) is 1. The third-order valence-electron chi connectivity index (χ3n) is 7.50. The van der Waals surface area contributed by atoms with Gasteiger partial charge in [-0.2, -0.15) is 8.78 Å². The van der Waals surface area contributed by atoms with Crippen molar-refractivity contribution in [3.63, 3.8) is 0 Å². The zero-order valence-electron chi connectivity index (χ0n) is 27.0. The fourth-order valence-electron chi connectivity index (χ4n) is 5.16. The molecule has 10 nitrogen and oxygen atoms in total. The van der Waals surface area contributed by atoms with Crippen molar-refractivity contribution in [2.75, 3.05) is 13.1 Å². The molecule has 1 unspecified atom stereocenters. The first-order valence-electron chi connectivity index (χ1n) is 15.5. The van der Waals surface area contributed by atoms with Gasteiger partial charge < -0.3 is 25.6 Å². The number of hydrogen-bond donors (Lipinski definition) is 3. The van der Waals surface area contributed by atoms with E-state index in [2.05, 4.69) is 16.0 Å². The Kier molecular flexibility index (Phi) is 12.4. The molecule has 1 fully saturated rings. The predicted molar refractivity (Wildman–Crippen MR) is 168 cm³/mol. The third-order valence-corrected chi connectivity index (χ3v) is 7.50. The molecule has 250 valence electrons. The predicted octanol–water partition coefficient (Wildman–Crippen LogP) is 3.82. The third kappa shape index (κ3) is 10.1. The first-order valence-corrected chi connectivity index (χ1v) is 15.5. The molecule has 0 aromatic heterocycles. The maximum atomic E-state index is 15.3. The summed E-state index contributed by atoms with van der Waals surface area (Å²) < 4.78 is 36.0. The summed E-state index contributed by atoms with van der Waals surface area (Å²) >= 11 is 0. The molecule has 0 spiro atoms. The molecule has 1 aliphatic rings. The molecule has 3 atom stereocenters. The van der Waals surface area contributed by atoms with Crippen molar-refractivity contribution in [3.8, 4) is 0 Å². The van der Waals surface area contributed by atoms with Gasteiger partial charge in [0, 0.05) is 19.5 Å². The topological polar surface area (TPSA) is 134 Å². The second kappa shape index (κ2) is 15.8. The highest BCUT2D eigenvalue weighted by molar-refractivity contribution is 6.10. The van der Waals surface area contributed by atoms with Crippen LogP contribution in [-0.2, 0) is 36.8 Å². The Morgan fingerprint density at radius 1 is 0.913 bits per heavy atom. The highest BCUT2D eigenvalue weighted by Gasteiger charge is 2.51. The molecule has 2 aromatic rings. The molecule has 12 heteroatoms. The van der Waals surface area contributed by atoms with Crippen LogP contribution in [0.5, 0.6) is 0 Å². The quantitative estimate of drug-likeness (QED) is 0.285. The average Bonchev–Trinajstić information content (AvgIpc) is 3.49. The van der Waals surface area contributed by atoms with E-state index in [0.717, 1.165) is 5.56 Å². The van der Waals surface area contributed by atoms with Crippen LogP contribution in [-0.4, -0.2) is 77.2 Å². The summed E-state index contributed by atoms with van der Waals surface area (Å²) in [6.07, 6.45) is -0.145. The normalized spacial score (nSPS) is 16.3. The van der Waals surface area contributed by atoms with Gasteiger partial charge in [-0.15, -0.1) is 0 Å². The molecule has 2 aromatic carbocycles. The van der Waals surface area contributed by atoms with E-state index in [9.17, 15) is 24.0 Å². The summed E-state index contributed by atoms with van der Waals surface area (Å²) in [5, 5.41) is 7.13. The minimum Gasteiger partial charge on any atom is -0.444 e. The van der Waals surface area contributed by atoms with Gasteiger partial charge in [0.2, 0.25) is 17.6 Å². The molecule has 4 amide bonds. The molecule has 0 saturated carbocycles. The second-order valence-electron chi connectivity index (χ2n) is 12.7. The molecule has 46 heavy (non-hydrogen) atoms. The van der Waals surface area contributed by atoms with Crippen molar-refractivity contribution in [3.05, 3.63) is 71.8 Å². The monoisotopic (exact) mass is 642 g/mol. The van der Waals surface area contributed by atoms with E-state index in [-0.39, 0.29) is 38.3 Å². The van der Waals surface area contributed by atoms with Gasteiger partial charge in [0.1, 0.15) is 17.7 Å². The molecule has 3 N–H and O–H groups in total. The Labute approximate surface area is 268 Å². The van der Waals surface area contributed by atoms with Crippen molar-refractivity contribution in [1.82, 2.24) is 20.9 Å². The van der Waals surface area contributed by atoms with E-state index in [0.29, 0.717) is 12.0 Å². The van der Waals surface area contributed by atoms with Gasteiger partial charge in [-0.05, 0) is 57.1 Å². The van der Waals surface area contributed by atoms with E-state index in [4.69, 9.17) is 4.74 Å². The summed E-state index contributed by atoms with van der Waals surface area (Å²) in [4.78, 5) is 66.8. The fourth-order valence-corrected chi connectivity index (χ4v) is 5.16. The number of carbonyl (C=O) groups is 5. The maximum absolute atomic E-state index is 15.3. The molecular weight excluding hydrogens is 598 g/mol. The minimum absolute atomic E-state index is 0.116. The number of nitrogens with one attached hydrogen (secondary N) is 3. The van der Waals surface area contributed by atoms with Crippen molar-refractivity contribution in [1.29, 1.82) is 0 Å². The number of alkyl halides is 2. The molecule has 1 heterocycles. The molecule has 1 aliphatic heterocycles. The SMILES string of the molecule is CC(C)[C@H](NC(=O)OC(C)(C)C)C(=O)N1CCC[C@H]1C(=O)NC(Cc1ccccc1)C(=O)C(F)(F)C(=O)NCCc1ccccc1. The summed E-state index contributed by atoms with van der Waals surface area (Å²) in [6, 6.07) is 13.4. The molecule has 3 rings (SSSR count). The number of alkyl carbamates (subject to hydrolysis) is 1. The Morgan fingerprint density at radius 2 is 1.50 bits per heavy atom. The van der Waals surface area contributed by atoms with E-state index >= 15 is 8.78 Å². The van der Waals surface area contributed by atoms with Gasteiger partial charge in [0.15, 0.2) is 0 Å². The van der Waals surface area contributed by atoms with Crippen LogP contribution in [0.1, 0.15) is 58.6 Å². The Balaban J connectivity index is 1.76. The summed E-state index contributed by atoms with van der Waals surface area (Å²) in [6.45, 7) is 8.58. The van der Waals surface area contributed by atoms with Crippen LogP contribution in [0.2, 0.25) is 0 Å².